The van der Waals surface area contributed by atoms with Gasteiger partial charge in [-0.05, 0) is 19.8 Å². The molecule has 1 saturated heterocycles. The molecule has 0 aromatic carbocycles. The molecule has 2 aliphatic rings. The molecular formula is C15H25N5O4S. The molecule has 0 aliphatic carbocycles. The summed E-state index contributed by atoms with van der Waals surface area (Å²) in [5, 5.41) is 9.54. The summed E-state index contributed by atoms with van der Waals surface area (Å²) in [5.41, 5.74) is 6.74. The fraction of sp³-hybridized carbons (Fsp3) is 0.733. The van der Waals surface area contributed by atoms with Gasteiger partial charge in [-0.3, -0.25) is 4.79 Å². The van der Waals surface area contributed by atoms with Crippen LogP contribution in [0.1, 0.15) is 31.2 Å². The van der Waals surface area contributed by atoms with Crippen LogP contribution in [0.3, 0.4) is 0 Å². The standard InChI is InChI=1S/C15H25N5O4S/c1-10(21)12(16)14(22)19-7-4-15(5-8-19)13-11(17-9-18-13)3-6-20(15)25(2,23)24/h9-10,12,21H,3-8,16H2,1-2H3,(H,17,18)/t10-,12+/m1/s1. The van der Waals surface area contributed by atoms with Crippen molar-refractivity contribution in [3.63, 3.8) is 0 Å². The Hall–Kier alpha value is -1.49. The average molecular weight is 371 g/mol. The zero-order valence-corrected chi connectivity index (χ0v) is 15.3. The number of aromatic amines is 1. The molecule has 1 aromatic rings. The molecule has 0 unspecified atom stereocenters. The Morgan fingerprint density at radius 2 is 2.04 bits per heavy atom. The monoisotopic (exact) mass is 371 g/mol. The Morgan fingerprint density at radius 1 is 1.40 bits per heavy atom. The van der Waals surface area contributed by atoms with Crippen molar-refractivity contribution in [2.75, 3.05) is 25.9 Å². The lowest BCUT2D eigenvalue weighted by Crippen LogP contribution is -2.60. The molecule has 3 rings (SSSR count). The number of nitrogens with zero attached hydrogens (tertiary/aromatic N) is 3. The van der Waals surface area contributed by atoms with Gasteiger partial charge in [-0.2, -0.15) is 4.31 Å². The maximum absolute atomic E-state index is 12.4. The first-order valence-electron chi connectivity index (χ1n) is 8.40. The number of nitrogens with two attached hydrogens (primary N) is 1. The van der Waals surface area contributed by atoms with Gasteiger partial charge in [0.05, 0.1) is 29.9 Å². The van der Waals surface area contributed by atoms with E-state index >= 15 is 0 Å². The number of aliphatic hydroxyl groups is 1. The van der Waals surface area contributed by atoms with Crippen LogP contribution >= 0.6 is 0 Å². The van der Waals surface area contributed by atoms with E-state index in [4.69, 9.17) is 5.73 Å². The molecular weight excluding hydrogens is 346 g/mol. The van der Waals surface area contributed by atoms with Crippen LogP contribution in [0, 0.1) is 0 Å². The van der Waals surface area contributed by atoms with E-state index in [9.17, 15) is 18.3 Å². The van der Waals surface area contributed by atoms with E-state index in [1.807, 2.05) is 0 Å². The maximum atomic E-state index is 12.4. The Bertz CT molecular complexity index is 752. The van der Waals surface area contributed by atoms with Crippen LogP contribution in [0.25, 0.3) is 0 Å². The third-order valence-corrected chi connectivity index (χ3v) is 6.64. The molecule has 2 atom stereocenters. The van der Waals surface area contributed by atoms with E-state index in [1.165, 1.54) is 17.5 Å². The fourth-order valence-electron chi connectivity index (χ4n) is 3.94. The molecule has 1 aromatic heterocycles. The SMILES string of the molecule is C[C@@H](O)[C@H](N)C(=O)N1CCC2(CC1)c1nc[nH]c1CCN2S(C)(=O)=O. The number of hydrogen-bond acceptors (Lipinski definition) is 6. The summed E-state index contributed by atoms with van der Waals surface area (Å²) < 4.78 is 26.2. The molecule has 1 amide bonds. The van der Waals surface area contributed by atoms with Crippen LogP contribution in [0.15, 0.2) is 6.33 Å². The maximum Gasteiger partial charge on any atom is 0.242 e. The lowest BCUT2D eigenvalue weighted by atomic mass is 9.80. The average Bonchev–Trinajstić information content (AvgIpc) is 3.03. The number of aliphatic hydroxyl groups excluding tert-OH is 1. The minimum atomic E-state index is -3.41. The van der Waals surface area contributed by atoms with Crippen molar-refractivity contribution in [1.29, 1.82) is 0 Å². The number of piperidine rings is 1. The van der Waals surface area contributed by atoms with Gasteiger partial charge < -0.3 is 20.7 Å². The number of rotatable bonds is 3. The van der Waals surface area contributed by atoms with Gasteiger partial charge in [0.2, 0.25) is 15.9 Å². The normalized spacial score (nSPS) is 23.3. The predicted octanol–water partition coefficient (Wildman–Crippen LogP) is -1.25. The summed E-state index contributed by atoms with van der Waals surface area (Å²) in [6, 6.07) is -0.965. The topological polar surface area (TPSA) is 133 Å². The first-order chi connectivity index (χ1) is 11.7. The van der Waals surface area contributed by atoms with Crippen molar-refractivity contribution in [3.8, 4) is 0 Å². The van der Waals surface area contributed by atoms with Crippen molar-refractivity contribution in [2.24, 2.45) is 5.73 Å². The number of amides is 1. The van der Waals surface area contributed by atoms with Crippen LogP contribution in [0.4, 0.5) is 0 Å². The quantitative estimate of drug-likeness (QED) is 0.608. The molecule has 2 aliphatic heterocycles. The predicted molar refractivity (Wildman–Crippen MR) is 91.0 cm³/mol. The highest BCUT2D eigenvalue weighted by molar-refractivity contribution is 7.88. The van der Waals surface area contributed by atoms with Gasteiger partial charge in [-0.25, -0.2) is 13.4 Å². The second-order valence-corrected chi connectivity index (χ2v) is 8.84. The zero-order chi connectivity index (χ0) is 18.4. The van der Waals surface area contributed by atoms with E-state index in [0.717, 1.165) is 11.4 Å². The smallest absolute Gasteiger partial charge is 0.242 e. The molecule has 0 bridgehead atoms. The van der Waals surface area contributed by atoms with Crippen molar-refractivity contribution in [1.82, 2.24) is 19.2 Å². The summed E-state index contributed by atoms with van der Waals surface area (Å²) in [4.78, 5) is 21.5. The van der Waals surface area contributed by atoms with Crippen LogP contribution < -0.4 is 5.73 Å². The number of sulfonamides is 1. The van der Waals surface area contributed by atoms with Gasteiger partial charge in [0, 0.05) is 31.7 Å². The number of fused-ring (bicyclic) bond motifs is 2. The van der Waals surface area contributed by atoms with Gasteiger partial charge in [0.25, 0.3) is 0 Å². The van der Waals surface area contributed by atoms with E-state index in [-0.39, 0.29) is 5.91 Å². The summed E-state index contributed by atoms with van der Waals surface area (Å²) in [6.45, 7) is 2.63. The Balaban J connectivity index is 1.88. The molecule has 1 spiro atoms. The molecule has 9 nitrogen and oxygen atoms in total. The van der Waals surface area contributed by atoms with E-state index < -0.39 is 27.7 Å². The summed E-state index contributed by atoms with van der Waals surface area (Å²) in [7, 11) is -3.41. The lowest BCUT2D eigenvalue weighted by Gasteiger charge is -2.49. The fourth-order valence-corrected chi connectivity index (χ4v) is 5.27. The molecule has 10 heteroatoms. The molecule has 0 saturated carbocycles. The number of likely N-dealkylation sites (tertiary alicyclic amines) is 1. The number of carbonyl (C=O) groups excluding carboxylic acids is 1. The first kappa shape index (κ1) is 18.3. The summed E-state index contributed by atoms with van der Waals surface area (Å²) in [6.07, 6.45) is 3.39. The first-order valence-corrected chi connectivity index (χ1v) is 10.2. The second-order valence-electron chi connectivity index (χ2n) is 6.94. The lowest BCUT2D eigenvalue weighted by molar-refractivity contribution is -0.137. The van der Waals surface area contributed by atoms with E-state index in [0.29, 0.717) is 38.9 Å². The van der Waals surface area contributed by atoms with E-state index in [2.05, 4.69) is 9.97 Å². The van der Waals surface area contributed by atoms with Crippen LogP contribution in [-0.4, -0.2) is 76.6 Å². The number of nitrogens with one attached hydrogen (secondary N) is 1. The van der Waals surface area contributed by atoms with E-state index in [1.54, 1.807) is 11.2 Å². The molecule has 4 N–H and O–H groups in total. The summed E-state index contributed by atoms with van der Waals surface area (Å²) >= 11 is 0. The highest BCUT2D eigenvalue weighted by Gasteiger charge is 2.50. The van der Waals surface area contributed by atoms with Crippen LogP contribution in [0.2, 0.25) is 0 Å². The number of imidazole rings is 1. The summed E-state index contributed by atoms with van der Waals surface area (Å²) in [5.74, 6) is -0.311. The zero-order valence-electron chi connectivity index (χ0n) is 14.5. The minimum Gasteiger partial charge on any atom is -0.391 e. The Labute approximate surface area is 147 Å². The Morgan fingerprint density at radius 3 is 2.60 bits per heavy atom. The molecule has 1 fully saturated rings. The largest absolute Gasteiger partial charge is 0.391 e. The second kappa shape index (κ2) is 6.35. The molecule has 140 valence electrons. The van der Waals surface area contributed by atoms with Crippen molar-refractivity contribution < 1.29 is 18.3 Å². The van der Waals surface area contributed by atoms with Crippen molar-refractivity contribution >= 4 is 15.9 Å². The Kier molecular flexibility index (Phi) is 4.65. The molecule has 3 heterocycles. The van der Waals surface area contributed by atoms with Gasteiger partial charge >= 0.3 is 0 Å². The van der Waals surface area contributed by atoms with Gasteiger partial charge in [0.15, 0.2) is 0 Å². The van der Waals surface area contributed by atoms with Crippen molar-refractivity contribution in [3.05, 3.63) is 17.7 Å². The van der Waals surface area contributed by atoms with Gasteiger partial charge in [-0.15, -0.1) is 0 Å². The number of H-pyrrole nitrogens is 1. The van der Waals surface area contributed by atoms with Crippen molar-refractivity contribution in [2.45, 2.75) is 43.9 Å². The third kappa shape index (κ3) is 3.07. The number of carbonyl (C=O) groups is 1. The highest BCUT2D eigenvalue weighted by atomic mass is 32.2. The van der Waals surface area contributed by atoms with Crippen LogP contribution in [-0.2, 0) is 26.8 Å². The van der Waals surface area contributed by atoms with Gasteiger partial charge in [-0.1, -0.05) is 0 Å². The highest BCUT2D eigenvalue weighted by Crippen LogP contribution is 2.43. The van der Waals surface area contributed by atoms with Gasteiger partial charge in [0.1, 0.15) is 6.04 Å². The minimum absolute atomic E-state index is 0.311. The molecule has 25 heavy (non-hydrogen) atoms. The third-order valence-electron chi connectivity index (χ3n) is 5.31. The number of hydrogen-bond donors (Lipinski definition) is 3. The number of aromatic nitrogens is 2. The molecule has 0 radical (unpaired) electrons. The van der Waals surface area contributed by atoms with Crippen LogP contribution in [0.5, 0.6) is 0 Å².